The molecule has 23 heavy (non-hydrogen) atoms. The van der Waals surface area contributed by atoms with E-state index in [0.717, 1.165) is 5.56 Å². The largest absolute Gasteiger partial charge is 0.486 e. The van der Waals surface area contributed by atoms with Crippen LogP contribution in [0.1, 0.15) is 15.9 Å². The van der Waals surface area contributed by atoms with Gasteiger partial charge in [-0.2, -0.15) is 0 Å². The van der Waals surface area contributed by atoms with Crippen molar-refractivity contribution >= 4 is 58.0 Å². The summed E-state index contributed by atoms with van der Waals surface area (Å²) in [5, 5.41) is 3.17. The monoisotopic (exact) mass is 388 g/mol. The fourth-order valence-corrected chi connectivity index (χ4v) is 2.70. The van der Waals surface area contributed by atoms with Gasteiger partial charge >= 0.3 is 0 Å². The Balaban J connectivity index is 2.17. The lowest BCUT2D eigenvalue weighted by Crippen LogP contribution is -2.34. The summed E-state index contributed by atoms with van der Waals surface area (Å²) in [5.41, 5.74) is 6.35. The van der Waals surface area contributed by atoms with E-state index >= 15 is 0 Å². The lowest BCUT2D eigenvalue weighted by molar-refractivity contribution is 0.0977. The summed E-state index contributed by atoms with van der Waals surface area (Å²) in [5.74, 6) is -0.220. The minimum Gasteiger partial charge on any atom is -0.486 e. The Hall–Kier alpha value is -1.53. The Morgan fingerprint density at radius 3 is 2.39 bits per heavy atom. The number of benzene rings is 2. The highest BCUT2D eigenvalue weighted by molar-refractivity contribution is 7.80. The average molecular weight is 390 g/mol. The highest BCUT2D eigenvalue weighted by Gasteiger charge is 2.14. The Morgan fingerprint density at radius 1 is 1.17 bits per heavy atom. The van der Waals surface area contributed by atoms with E-state index < -0.39 is 5.91 Å². The fourth-order valence-electron chi connectivity index (χ4n) is 1.80. The van der Waals surface area contributed by atoms with E-state index in [1.165, 1.54) is 12.1 Å². The molecule has 0 bridgehead atoms. The summed E-state index contributed by atoms with van der Waals surface area (Å²) in [6, 6.07) is 10.1. The third-order valence-corrected chi connectivity index (χ3v) is 3.67. The molecule has 0 aliphatic carbocycles. The Labute approximate surface area is 153 Å². The summed E-state index contributed by atoms with van der Waals surface area (Å²) < 4.78 is 5.62. The van der Waals surface area contributed by atoms with Crippen LogP contribution in [0.15, 0.2) is 36.4 Å². The maximum atomic E-state index is 11.8. The van der Waals surface area contributed by atoms with Gasteiger partial charge in [-0.25, -0.2) is 0 Å². The fraction of sp³-hybridized carbons (Fsp3) is 0.0667. The van der Waals surface area contributed by atoms with Crippen molar-refractivity contribution in [3.63, 3.8) is 0 Å². The molecule has 0 fully saturated rings. The van der Waals surface area contributed by atoms with E-state index in [2.05, 4.69) is 17.5 Å². The van der Waals surface area contributed by atoms with Gasteiger partial charge in [0.25, 0.3) is 5.91 Å². The molecule has 120 valence electrons. The number of hydrogen-bond donors (Lipinski definition) is 2. The number of ether oxygens (including phenoxy) is 1. The lowest BCUT2D eigenvalue weighted by atomic mass is 10.2. The number of carbonyl (C=O) groups is 1. The van der Waals surface area contributed by atoms with Gasteiger partial charge < -0.3 is 10.5 Å². The van der Waals surface area contributed by atoms with E-state index in [9.17, 15) is 4.79 Å². The Morgan fingerprint density at radius 2 is 1.83 bits per heavy atom. The number of nitrogens with one attached hydrogen (secondary N) is 1. The number of hydrogen-bond acceptors (Lipinski definition) is 3. The molecule has 0 aromatic heterocycles. The van der Waals surface area contributed by atoms with Crippen LogP contribution in [0.5, 0.6) is 5.75 Å². The van der Waals surface area contributed by atoms with Crippen molar-refractivity contribution in [1.82, 2.24) is 5.32 Å². The van der Waals surface area contributed by atoms with Crippen molar-refractivity contribution < 1.29 is 9.53 Å². The zero-order valence-corrected chi connectivity index (χ0v) is 14.7. The topological polar surface area (TPSA) is 64.3 Å². The first kappa shape index (κ1) is 17.8. The Kier molecular flexibility index (Phi) is 6.07. The molecule has 3 N–H and O–H groups in total. The predicted molar refractivity (Wildman–Crippen MR) is 96.5 cm³/mol. The first-order valence-corrected chi connectivity index (χ1v) is 7.88. The minimum atomic E-state index is -0.498. The molecule has 0 saturated carbocycles. The molecule has 0 atom stereocenters. The van der Waals surface area contributed by atoms with Gasteiger partial charge in [-0.05, 0) is 42.0 Å². The van der Waals surface area contributed by atoms with E-state index in [1.54, 1.807) is 12.1 Å². The Bertz CT molecular complexity index is 745. The maximum absolute atomic E-state index is 11.8. The zero-order valence-electron chi connectivity index (χ0n) is 11.6. The molecular formula is C15H11Cl3N2O2S. The average Bonchev–Trinajstić information content (AvgIpc) is 2.45. The maximum Gasteiger partial charge on any atom is 0.257 e. The smallest absolute Gasteiger partial charge is 0.257 e. The normalized spacial score (nSPS) is 10.2. The van der Waals surface area contributed by atoms with Gasteiger partial charge in [0.05, 0.1) is 10.0 Å². The third kappa shape index (κ3) is 4.97. The van der Waals surface area contributed by atoms with Crippen LogP contribution in [0.4, 0.5) is 0 Å². The molecule has 0 saturated heterocycles. The number of nitrogens with two attached hydrogens (primary N) is 1. The van der Waals surface area contributed by atoms with E-state index in [4.69, 9.17) is 45.3 Å². The zero-order chi connectivity index (χ0) is 17.0. The molecule has 0 heterocycles. The number of halogens is 3. The summed E-state index contributed by atoms with van der Waals surface area (Å²) in [6.07, 6.45) is 0. The van der Waals surface area contributed by atoms with E-state index in [1.807, 2.05) is 12.1 Å². The van der Waals surface area contributed by atoms with Crippen LogP contribution in [0.3, 0.4) is 0 Å². The predicted octanol–water partition coefficient (Wildman–Crippen LogP) is 4.20. The molecule has 0 spiro atoms. The van der Waals surface area contributed by atoms with Crippen molar-refractivity contribution in [3.8, 4) is 5.75 Å². The number of thiocarbonyl (C=S) groups is 1. The first-order chi connectivity index (χ1) is 10.9. The molecule has 2 aromatic carbocycles. The molecular weight excluding hydrogens is 379 g/mol. The van der Waals surface area contributed by atoms with Gasteiger partial charge in [0.2, 0.25) is 0 Å². The summed E-state index contributed by atoms with van der Waals surface area (Å²) >= 11 is 22.8. The molecule has 0 aliphatic rings. The number of carbonyl (C=O) groups excluding carboxylic acids is 1. The molecule has 0 radical (unpaired) electrons. The molecule has 4 nitrogen and oxygen atoms in total. The van der Waals surface area contributed by atoms with Crippen LogP contribution in [-0.2, 0) is 6.61 Å². The van der Waals surface area contributed by atoms with Crippen molar-refractivity contribution in [3.05, 3.63) is 62.6 Å². The van der Waals surface area contributed by atoms with Crippen molar-refractivity contribution in [1.29, 1.82) is 0 Å². The van der Waals surface area contributed by atoms with Gasteiger partial charge in [-0.1, -0.05) is 46.9 Å². The molecule has 2 rings (SSSR count). The molecule has 0 unspecified atom stereocenters. The van der Waals surface area contributed by atoms with Gasteiger partial charge in [-0.3, -0.25) is 10.1 Å². The minimum absolute atomic E-state index is 0.136. The summed E-state index contributed by atoms with van der Waals surface area (Å²) in [4.78, 5) is 11.8. The van der Waals surface area contributed by atoms with Crippen LogP contribution >= 0.6 is 47.0 Å². The first-order valence-electron chi connectivity index (χ1n) is 6.34. The standard InChI is InChI=1S/C15H11Cl3N2O2S/c16-10-3-1-2-8(4-10)7-22-13-11(17)5-9(6-12(13)18)14(21)20-15(19)23/h1-6H,7H2,(H3,19,20,21,23). The number of amides is 1. The summed E-state index contributed by atoms with van der Waals surface area (Å²) in [7, 11) is 0. The van der Waals surface area contributed by atoms with E-state index in [0.29, 0.717) is 5.02 Å². The van der Waals surface area contributed by atoms with Crippen LogP contribution in [0.2, 0.25) is 15.1 Å². The van der Waals surface area contributed by atoms with Crippen LogP contribution in [-0.4, -0.2) is 11.0 Å². The highest BCUT2D eigenvalue weighted by Crippen LogP contribution is 2.34. The highest BCUT2D eigenvalue weighted by atomic mass is 35.5. The molecule has 1 amide bonds. The second kappa shape index (κ2) is 7.84. The van der Waals surface area contributed by atoms with Gasteiger partial charge in [0, 0.05) is 10.6 Å². The number of rotatable bonds is 4. The van der Waals surface area contributed by atoms with Gasteiger partial charge in [0.1, 0.15) is 6.61 Å². The third-order valence-electron chi connectivity index (χ3n) is 2.77. The molecule has 8 heteroatoms. The second-order valence-corrected chi connectivity index (χ2v) is 6.20. The second-order valence-electron chi connectivity index (χ2n) is 4.51. The SMILES string of the molecule is NC(=S)NC(=O)c1cc(Cl)c(OCc2cccc(Cl)c2)c(Cl)c1. The quantitative estimate of drug-likeness (QED) is 0.769. The summed E-state index contributed by atoms with van der Waals surface area (Å²) in [6.45, 7) is 0.235. The van der Waals surface area contributed by atoms with Crippen LogP contribution in [0.25, 0.3) is 0 Å². The van der Waals surface area contributed by atoms with Crippen LogP contribution < -0.4 is 15.8 Å². The van der Waals surface area contributed by atoms with E-state index in [-0.39, 0.29) is 33.1 Å². The van der Waals surface area contributed by atoms with Gasteiger partial charge in [-0.15, -0.1) is 0 Å². The van der Waals surface area contributed by atoms with Crippen molar-refractivity contribution in [2.24, 2.45) is 5.73 Å². The lowest BCUT2D eigenvalue weighted by Gasteiger charge is -2.12. The van der Waals surface area contributed by atoms with Gasteiger partial charge in [0.15, 0.2) is 10.9 Å². The molecule has 0 aliphatic heterocycles. The van der Waals surface area contributed by atoms with Crippen molar-refractivity contribution in [2.75, 3.05) is 0 Å². The van der Waals surface area contributed by atoms with Crippen molar-refractivity contribution in [2.45, 2.75) is 6.61 Å². The molecule has 2 aromatic rings. The van der Waals surface area contributed by atoms with Crippen LogP contribution in [0, 0.1) is 0 Å².